The number of ether oxygens (including phenoxy) is 2. The Morgan fingerprint density at radius 3 is 2.20 bits per heavy atom. The third kappa shape index (κ3) is 15.7. The van der Waals surface area contributed by atoms with Gasteiger partial charge in [0.15, 0.2) is 0 Å². The Morgan fingerprint density at radius 2 is 1.64 bits per heavy atom. The van der Waals surface area contributed by atoms with Crippen LogP contribution in [-0.2, 0) is 14.3 Å². The zero-order valence-electron chi connectivity index (χ0n) is 16.7. The molecule has 1 aliphatic heterocycles. The van der Waals surface area contributed by atoms with E-state index >= 15 is 0 Å². The van der Waals surface area contributed by atoms with Crippen molar-refractivity contribution in [3.8, 4) is 0 Å². The zero-order valence-corrected chi connectivity index (χ0v) is 16.7. The fourth-order valence-corrected chi connectivity index (χ4v) is 1.82. The number of amides is 2. The summed E-state index contributed by atoms with van der Waals surface area (Å²) in [5, 5.41) is 5.39. The van der Waals surface area contributed by atoms with Crippen molar-refractivity contribution in [2.45, 2.75) is 41.0 Å². The highest BCUT2D eigenvalue weighted by Gasteiger charge is 2.09. The van der Waals surface area contributed by atoms with Gasteiger partial charge in [0.25, 0.3) is 0 Å². The Morgan fingerprint density at radius 1 is 1.08 bits per heavy atom. The quantitative estimate of drug-likeness (QED) is 0.394. The van der Waals surface area contributed by atoms with Crippen molar-refractivity contribution in [1.82, 2.24) is 15.5 Å². The van der Waals surface area contributed by atoms with Crippen LogP contribution in [0.3, 0.4) is 0 Å². The minimum atomic E-state index is -0.442. The van der Waals surface area contributed by atoms with Gasteiger partial charge in [0.2, 0.25) is 0 Å². The van der Waals surface area contributed by atoms with Gasteiger partial charge >= 0.3 is 12.0 Å². The van der Waals surface area contributed by atoms with Crippen LogP contribution in [0.2, 0.25) is 0 Å². The molecule has 7 heteroatoms. The molecule has 0 spiro atoms. The molecule has 0 aliphatic carbocycles. The third-order valence-electron chi connectivity index (χ3n) is 3.01. The first-order chi connectivity index (χ1) is 12.1. The van der Waals surface area contributed by atoms with Gasteiger partial charge in [-0.15, -0.1) is 0 Å². The molecule has 1 rings (SSSR count). The molecule has 25 heavy (non-hydrogen) atoms. The number of rotatable bonds is 8. The van der Waals surface area contributed by atoms with E-state index in [-0.39, 0.29) is 19.2 Å². The first kappa shape index (κ1) is 25.6. The molecule has 1 saturated heterocycles. The van der Waals surface area contributed by atoms with E-state index in [2.05, 4.69) is 22.1 Å². The third-order valence-corrected chi connectivity index (χ3v) is 3.01. The predicted molar refractivity (Wildman–Crippen MR) is 102 cm³/mol. The van der Waals surface area contributed by atoms with Gasteiger partial charge in [-0.05, 0) is 19.9 Å². The topological polar surface area (TPSA) is 79.9 Å². The van der Waals surface area contributed by atoms with E-state index in [1.54, 1.807) is 6.92 Å². The van der Waals surface area contributed by atoms with Gasteiger partial charge in [-0.3, -0.25) is 4.90 Å². The van der Waals surface area contributed by atoms with Crippen LogP contribution in [0.4, 0.5) is 4.79 Å². The number of nitrogens with zero attached hydrogens (tertiary/aromatic N) is 1. The molecule has 0 aromatic carbocycles. The van der Waals surface area contributed by atoms with Crippen LogP contribution in [0, 0.1) is 0 Å². The molecule has 0 bridgehead atoms. The molecule has 0 aromatic heterocycles. The fraction of sp³-hybridized carbons (Fsp3) is 0.778. The summed E-state index contributed by atoms with van der Waals surface area (Å²) in [5.41, 5.74) is 0.350. The molecule has 2 amide bonds. The molecule has 148 valence electrons. The van der Waals surface area contributed by atoms with Gasteiger partial charge in [-0.2, -0.15) is 0 Å². The first-order valence-corrected chi connectivity index (χ1v) is 9.24. The Bertz CT molecular complexity index is 356. The van der Waals surface area contributed by atoms with Crippen LogP contribution >= 0.6 is 0 Å². The normalized spacial score (nSPS) is 13.3. The van der Waals surface area contributed by atoms with Crippen molar-refractivity contribution >= 4 is 12.0 Å². The summed E-state index contributed by atoms with van der Waals surface area (Å²) >= 11 is 0. The highest BCUT2D eigenvalue weighted by molar-refractivity contribution is 5.86. The monoisotopic (exact) mass is 359 g/mol. The van der Waals surface area contributed by atoms with Crippen molar-refractivity contribution < 1.29 is 19.1 Å². The van der Waals surface area contributed by atoms with Crippen molar-refractivity contribution in [2.75, 3.05) is 52.5 Å². The standard InChI is InChI=1S/C14H25N3O4.2C2H6/c1-12(2)13(18)21-9-5-16-14(19)15-4-3-6-17-7-10-20-11-8-17;2*1-2/h1,3-11H2,2H3,(H2,15,16,19);2*1-2H3. The average molecular weight is 360 g/mol. The van der Waals surface area contributed by atoms with Gasteiger partial charge in [-0.25, -0.2) is 9.59 Å². The number of morpholine rings is 1. The maximum absolute atomic E-state index is 11.5. The smallest absolute Gasteiger partial charge is 0.333 e. The van der Waals surface area contributed by atoms with E-state index in [1.807, 2.05) is 27.7 Å². The fourth-order valence-electron chi connectivity index (χ4n) is 1.82. The molecular formula is C18H37N3O4. The van der Waals surface area contributed by atoms with Crippen molar-refractivity contribution in [3.05, 3.63) is 12.2 Å². The number of esters is 1. The van der Waals surface area contributed by atoms with E-state index in [1.165, 1.54) is 0 Å². The lowest BCUT2D eigenvalue weighted by molar-refractivity contribution is -0.138. The predicted octanol–water partition coefficient (Wildman–Crippen LogP) is 2.18. The second kappa shape index (κ2) is 18.7. The summed E-state index contributed by atoms with van der Waals surface area (Å²) in [5.74, 6) is -0.442. The summed E-state index contributed by atoms with van der Waals surface area (Å²) in [6.45, 7) is 18.6. The van der Waals surface area contributed by atoms with Gasteiger partial charge in [0.05, 0.1) is 19.8 Å². The van der Waals surface area contributed by atoms with Crippen LogP contribution in [0.5, 0.6) is 0 Å². The minimum absolute atomic E-state index is 0.146. The SMILES string of the molecule is C=C(C)C(=O)OCCNC(=O)NCCCN1CCOCC1.CC.CC. The van der Waals surface area contributed by atoms with Gasteiger partial charge in [0, 0.05) is 25.2 Å². The van der Waals surface area contributed by atoms with Crippen LogP contribution in [0.15, 0.2) is 12.2 Å². The highest BCUT2D eigenvalue weighted by atomic mass is 16.5. The van der Waals surface area contributed by atoms with Crippen molar-refractivity contribution in [1.29, 1.82) is 0 Å². The number of urea groups is 1. The van der Waals surface area contributed by atoms with Crippen LogP contribution < -0.4 is 10.6 Å². The number of carbonyl (C=O) groups is 2. The highest BCUT2D eigenvalue weighted by Crippen LogP contribution is 1.97. The minimum Gasteiger partial charge on any atom is -0.460 e. The average Bonchev–Trinajstić information content (AvgIpc) is 2.66. The van der Waals surface area contributed by atoms with E-state index in [9.17, 15) is 9.59 Å². The number of nitrogens with one attached hydrogen (secondary N) is 2. The largest absolute Gasteiger partial charge is 0.460 e. The second-order valence-electron chi connectivity index (χ2n) is 4.91. The van der Waals surface area contributed by atoms with E-state index in [4.69, 9.17) is 9.47 Å². The summed E-state index contributed by atoms with van der Waals surface area (Å²) in [6.07, 6.45) is 0.901. The Kier molecular flexibility index (Phi) is 19.2. The molecule has 0 radical (unpaired) electrons. The van der Waals surface area contributed by atoms with Gasteiger partial charge < -0.3 is 20.1 Å². The first-order valence-electron chi connectivity index (χ1n) is 9.24. The van der Waals surface area contributed by atoms with Crippen LogP contribution in [0.1, 0.15) is 41.0 Å². The van der Waals surface area contributed by atoms with Gasteiger partial charge in [-0.1, -0.05) is 34.3 Å². The molecule has 0 atom stereocenters. The van der Waals surface area contributed by atoms with Crippen molar-refractivity contribution in [3.63, 3.8) is 0 Å². The Labute approximate surface area is 153 Å². The maximum atomic E-state index is 11.5. The second-order valence-corrected chi connectivity index (χ2v) is 4.91. The Balaban J connectivity index is 0. The lowest BCUT2D eigenvalue weighted by atomic mass is 10.3. The molecule has 1 aliphatic rings. The van der Waals surface area contributed by atoms with Crippen molar-refractivity contribution in [2.24, 2.45) is 0 Å². The molecule has 1 fully saturated rings. The molecule has 0 saturated carbocycles. The zero-order chi connectivity index (χ0) is 19.5. The summed E-state index contributed by atoms with van der Waals surface area (Å²) < 4.78 is 10.1. The maximum Gasteiger partial charge on any atom is 0.333 e. The van der Waals surface area contributed by atoms with E-state index < -0.39 is 5.97 Å². The molecule has 7 nitrogen and oxygen atoms in total. The molecule has 1 heterocycles. The lowest BCUT2D eigenvalue weighted by Gasteiger charge is -2.26. The molecule has 2 N–H and O–H groups in total. The number of hydrogen-bond acceptors (Lipinski definition) is 5. The summed E-state index contributed by atoms with van der Waals surface area (Å²) in [7, 11) is 0. The van der Waals surface area contributed by atoms with E-state index in [0.717, 1.165) is 39.3 Å². The van der Waals surface area contributed by atoms with Crippen LogP contribution in [-0.4, -0.2) is 69.4 Å². The molecule has 0 unspecified atom stereocenters. The van der Waals surface area contributed by atoms with Gasteiger partial charge in [0.1, 0.15) is 6.61 Å². The number of hydrogen-bond donors (Lipinski definition) is 2. The number of carbonyl (C=O) groups excluding carboxylic acids is 2. The molecular weight excluding hydrogens is 322 g/mol. The summed E-state index contributed by atoms with van der Waals surface area (Å²) in [6, 6.07) is -0.247. The van der Waals surface area contributed by atoms with Crippen LogP contribution in [0.25, 0.3) is 0 Å². The molecule has 0 aromatic rings. The summed E-state index contributed by atoms with van der Waals surface area (Å²) in [4.78, 5) is 24.9. The Hall–Kier alpha value is -1.60. The van der Waals surface area contributed by atoms with E-state index in [0.29, 0.717) is 12.1 Å². The lowest BCUT2D eigenvalue weighted by Crippen LogP contribution is -2.40.